The highest BCUT2D eigenvalue weighted by Crippen LogP contribution is 2.22. The molecule has 4 heteroatoms. The Morgan fingerprint density at radius 2 is 1.90 bits per heavy atom. The monoisotopic (exact) mass is 332 g/mol. The highest BCUT2D eigenvalue weighted by molar-refractivity contribution is 9.10. The van der Waals surface area contributed by atoms with E-state index < -0.39 is 6.04 Å². The van der Waals surface area contributed by atoms with E-state index in [0.29, 0.717) is 6.54 Å². The van der Waals surface area contributed by atoms with Crippen molar-refractivity contribution in [2.75, 3.05) is 0 Å². The number of carbonyl (C=O) groups excluding carboxylic acids is 1. The molecule has 0 fully saturated rings. The Labute approximate surface area is 127 Å². The molecule has 0 heterocycles. The zero-order valence-corrected chi connectivity index (χ0v) is 12.9. The SMILES string of the molecule is Cc1cccc(CNC(C(N)=O)c2ccccc2)c1Br. The zero-order chi connectivity index (χ0) is 14.5. The maximum atomic E-state index is 11.6. The van der Waals surface area contributed by atoms with Gasteiger partial charge in [-0.15, -0.1) is 0 Å². The summed E-state index contributed by atoms with van der Waals surface area (Å²) in [6, 6.07) is 15.1. The van der Waals surface area contributed by atoms with E-state index in [1.807, 2.05) is 55.5 Å². The van der Waals surface area contributed by atoms with Gasteiger partial charge in [0.15, 0.2) is 0 Å². The quantitative estimate of drug-likeness (QED) is 0.884. The molecule has 0 aliphatic heterocycles. The third-order valence-electron chi connectivity index (χ3n) is 3.19. The smallest absolute Gasteiger partial charge is 0.239 e. The second-order valence-electron chi connectivity index (χ2n) is 4.67. The molecular weight excluding hydrogens is 316 g/mol. The molecule has 0 aliphatic rings. The standard InChI is InChI=1S/C16H17BrN2O/c1-11-6-5-9-13(14(11)17)10-19-15(16(18)20)12-7-3-2-4-8-12/h2-9,15,19H,10H2,1H3,(H2,18,20). The van der Waals surface area contributed by atoms with Crippen molar-refractivity contribution in [3.63, 3.8) is 0 Å². The number of nitrogens with two attached hydrogens (primary N) is 1. The summed E-state index contributed by atoms with van der Waals surface area (Å²) in [7, 11) is 0. The van der Waals surface area contributed by atoms with Gasteiger partial charge in [-0.05, 0) is 23.6 Å². The maximum absolute atomic E-state index is 11.6. The van der Waals surface area contributed by atoms with E-state index in [1.165, 1.54) is 5.56 Å². The van der Waals surface area contributed by atoms with Crippen LogP contribution in [0.5, 0.6) is 0 Å². The number of carbonyl (C=O) groups is 1. The molecule has 20 heavy (non-hydrogen) atoms. The molecule has 0 spiro atoms. The van der Waals surface area contributed by atoms with Crippen LogP contribution in [-0.2, 0) is 11.3 Å². The summed E-state index contributed by atoms with van der Waals surface area (Å²) in [5.74, 6) is -0.375. The third kappa shape index (κ3) is 3.46. The summed E-state index contributed by atoms with van der Waals surface area (Å²) in [5.41, 5.74) is 8.64. The molecule has 2 rings (SSSR count). The average Bonchev–Trinajstić information content (AvgIpc) is 2.44. The minimum Gasteiger partial charge on any atom is -0.368 e. The highest BCUT2D eigenvalue weighted by atomic mass is 79.9. The Kier molecular flexibility index (Phi) is 4.93. The molecule has 0 saturated carbocycles. The number of nitrogens with one attached hydrogen (secondary N) is 1. The van der Waals surface area contributed by atoms with Crippen LogP contribution in [0.15, 0.2) is 53.0 Å². The Morgan fingerprint density at radius 1 is 1.20 bits per heavy atom. The van der Waals surface area contributed by atoms with Crippen LogP contribution in [-0.4, -0.2) is 5.91 Å². The average molecular weight is 333 g/mol. The van der Waals surface area contributed by atoms with Gasteiger partial charge in [-0.1, -0.05) is 64.5 Å². The Balaban J connectivity index is 2.14. The van der Waals surface area contributed by atoms with Gasteiger partial charge in [0.25, 0.3) is 0 Å². The summed E-state index contributed by atoms with van der Waals surface area (Å²) in [6.45, 7) is 2.61. The van der Waals surface area contributed by atoms with Crippen LogP contribution >= 0.6 is 15.9 Å². The summed E-state index contributed by atoms with van der Waals surface area (Å²) < 4.78 is 1.06. The number of aryl methyl sites for hydroxylation is 1. The number of hydrogen-bond acceptors (Lipinski definition) is 2. The second-order valence-corrected chi connectivity index (χ2v) is 5.47. The van der Waals surface area contributed by atoms with Gasteiger partial charge >= 0.3 is 0 Å². The molecule has 0 bridgehead atoms. The van der Waals surface area contributed by atoms with Crippen LogP contribution in [0.4, 0.5) is 0 Å². The molecule has 1 unspecified atom stereocenters. The molecule has 0 aliphatic carbocycles. The highest BCUT2D eigenvalue weighted by Gasteiger charge is 2.17. The number of benzene rings is 2. The van der Waals surface area contributed by atoms with Gasteiger partial charge in [0.1, 0.15) is 6.04 Å². The number of primary amides is 1. The molecular formula is C16H17BrN2O. The van der Waals surface area contributed by atoms with Crippen molar-refractivity contribution in [1.82, 2.24) is 5.32 Å². The fourth-order valence-corrected chi connectivity index (χ4v) is 2.49. The predicted octanol–water partition coefficient (Wildman–Crippen LogP) is 3.07. The maximum Gasteiger partial charge on any atom is 0.239 e. The van der Waals surface area contributed by atoms with Gasteiger partial charge in [-0.2, -0.15) is 0 Å². The molecule has 0 radical (unpaired) electrons. The minimum atomic E-state index is -0.483. The van der Waals surface area contributed by atoms with E-state index in [9.17, 15) is 4.79 Å². The van der Waals surface area contributed by atoms with Crippen LogP contribution in [0.25, 0.3) is 0 Å². The van der Waals surface area contributed by atoms with Gasteiger partial charge in [0.2, 0.25) is 5.91 Å². The van der Waals surface area contributed by atoms with E-state index in [4.69, 9.17) is 5.73 Å². The number of halogens is 1. The van der Waals surface area contributed by atoms with Crippen LogP contribution < -0.4 is 11.1 Å². The van der Waals surface area contributed by atoms with Gasteiger partial charge in [-0.25, -0.2) is 0 Å². The normalized spacial score (nSPS) is 12.1. The van der Waals surface area contributed by atoms with E-state index in [1.54, 1.807) is 0 Å². The fraction of sp³-hybridized carbons (Fsp3) is 0.188. The molecule has 2 aromatic carbocycles. The first-order chi connectivity index (χ1) is 9.59. The number of amides is 1. The molecule has 3 N–H and O–H groups in total. The van der Waals surface area contributed by atoms with Crippen molar-refractivity contribution in [3.8, 4) is 0 Å². The third-order valence-corrected chi connectivity index (χ3v) is 4.32. The van der Waals surface area contributed by atoms with E-state index in [0.717, 1.165) is 15.6 Å². The minimum absolute atomic E-state index is 0.375. The Hall–Kier alpha value is -1.65. The molecule has 0 saturated heterocycles. The Morgan fingerprint density at radius 3 is 2.55 bits per heavy atom. The van der Waals surface area contributed by atoms with Crippen molar-refractivity contribution in [2.45, 2.75) is 19.5 Å². The lowest BCUT2D eigenvalue weighted by Gasteiger charge is -2.17. The number of rotatable bonds is 5. The van der Waals surface area contributed by atoms with Crippen molar-refractivity contribution < 1.29 is 4.79 Å². The zero-order valence-electron chi connectivity index (χ0n) is 11.3. The van der Waals surface area contributed by atoms with Crippen molar-refractivity contribution >= 4 is 21.8 Å². The molecule has 1 atom stereocenters. The summed E-state index contributed by atoms with van der Waals surface area (Å²) in [4.78, 5) is 11.6. The van der Waals surface area contributed by atoms with E-state index in [-0.39, 0.29) is 5.91 Å². The first kappa shape index (κ1) is 14.8. The lowest BCUT2D eigenvalue weighted by atomic mass is 10.1. The topological polar surface area (TPSA) is 55.1 Å². The first-order valence-corrected chi connectivity index (χ1v) is 7.20. The number of hydrogen-bond donors (Lipinski definition) is 2. The largest absolute Gasteiger partial charge is 0.368 e. The van der Waals surface area contributed by atoms with Crippen LogP contribution in [0, 0.1) is 6.92 Å². The molecule has 0 aromatic heterocycles. The molecule has 2 aromatic rings. The van der Waals surface area contributed by atoms with Crippen molar-refractivity contribution in [2.24, 2.45) is 5.73 Å². The fourth-order valence-electron chi connectivity index (χ4n) is 2.08. The summed E-state index contributed by atoms with van der Waals surface area (Å²) in [5, 5.41) is 3.22. The van der Waals surface area contributed by atoms with Gasteiger partial charge < -0.3 is 5.73 Å². The van der Waals surface area contributed by atoms with Crippen molar-refractivity contribution in [1.29, 1.82) is 0 Å². The van der Waals surface area contributed by atoms with E-state index >= 15 is 0 Å². The summed E-state index contributed by atoms with van der Waals surface area (Å²) >= 11 is 3.57. The van der Waals surface area contributed by atoms with E-state index in [2.05, 4.69) is 21.2 Å². The van der Waals surface area contributed by atoms with Gasteiger partial charge in [-0.3, -0.25) is 10.1 Å². The second kappa shape index (κ2) is 6.68. The lowest BCUT2D eigenvalue weighted by Crippen LogP contribution is -2.33. The summed E-state index contributed by atoms with van der Waals surface area (Å²) in [6.07, 6.45) is 0. The molecule has 104 valence electrons. The molecule has 3 nitrogen and oxygen atoms in total. The Bertz CT molecular complexity index is 599. The lowest BCUT2D eigenvalue weighted by molar-refractivity contribution is -0.120. The first-order valence-electron chi connectivity index (χ1n) is 6.41. The van der Waals surface area contributed by atoms with Crippen LogP contribution in [0.3, 0.4) is 0 Å². The van der Waals surface area contributed by atoms with Gasteiger partial charge in [0, 0.05) is 11.0 Å². The van der Waals surface area contributed by atoms with Crippen LogP contribution in [0.1, 0.15) is 22.7 Å². The van der Waals surface area contributed by atoms with Gasteiger partial charge in [0.05, 0.1) is 0 Å². The molecule has 1 amide bonds. The van der Waals surface area contributed by atoms with Crippen molar-refractivity contribution in [3.05, 3.63) is 69.7 Å². The van der Waals surface area contributed by atoms with Crippen LogP contribution in [0.2, 0.25) is 0 Å². The predicted molar refractivity (Wildman–Crippen MR) is 84.1 cm³/mol.